The molecule has 4 aliphatic heterocycles. The lowest BCUT2D eigenvalue weighted by atomic mass is 9.83. The zero-order chi connectivity index (χ0) is 27.0. The maximum Gasteiger partial charge on any atom is 0.410 e. The second-order valence-corrected chi connectivity index (χ2v) is 13.7. The molecule has 1 amide bonds. The first-order chi connectivity index (χ1) is 18.2. The van der Waals surface area contributed by atoms with Crippen LogP contribution < -0.4 is 5.32 Å². The van der Waals surface area contributed by atoms with E-state index in [1.807, 2.05) is 35.2 Å². The molecule has 0 radical (unpaired) electrons. The molecule has 0 aliphatic carbocycles. The Bertz CT molecular complexity index is 856. The number of likely N-dealkylation sites (tertiary alicyclic amines) is 3. The van der Waals surface area contributed by atoms with Crippen molar-refractivity contribution >= 4 is 30.9 Å². The smallest absolute Gasteiger partial charge is 0.410 e. The van der Waals surface area contributed by atoms with Crippen LogP contribution in [0.15, 0.2) is 30.3 Å². The quantitative estimate of drug-likeness (QED) is 0.422. The first kappa shape index (κ1) is 35.1. The van der Waals surface area contributed by atoms with E-state index in [4.69, 9.17) is 4.74 Å². The molecule has 0 aromatic heterocycles. The van der Waals surface area contributed by atoms with Gasteiger partial charge in [-0.05, 0) is 93.9 Å². The monoisotopic (exact) mass is 598 g/mol. The summed E-state index contributed by atoms with van der Waals surface area (Å²) in [7, 11) is 0. The number of nitrogens with zero attached hydrogens (tertiary/aromatic N) is 3. The summed E-state index contributed by atoms with van der Waals surface area (Å²) in [6.07, 6.45) is 10.1. The summed E-state index contributed by atoms with van der Waals surface area (Å²) < 4.78 is 5.45. The highest BCUT2D eigenvalue weighted by atomic mass is 35.5. The van der Waals surface area contributed by atoms with Gasteiger partial charge in [0.15, 0.2) is 0 Å². The van der Waals surface area contributed by atoms with Crippen molar-refractivity contribution < 1.29 is 9.53 Å². The number of benzene rings is 1. The first-order valence-corrected chi connectivity index (χ1v) is 15.4. The average Bonchev–Trinajstić information content (AvgIpc) is 2.92. The van der Waals surface area contributed by atoms with E-state index >= 15 is 0 Å². The summed E-state index contributed by atoms with van der Waals surface area (Å²) in [5, 5.41) is 3.45. The van der Waals surface area contributed by atoms with Crippen molar-refractivity contribution in [1.29, 1.82) is 0 Å². The van der Waals surface area contributed by atoms with Crippen LogP contribution in [0.4, 0.5) is 4.79 Å². The molecule has 0 unspecified atom stereocenters. The third-order valence-electron chi connectivity index (χ3n) is 9.13. The molecule has 1 aromatic carbocycles. The Balaban J connectivity index is 0.000000301. The van der Waals surface area contributed by atoms with Gasteiger partial charge in [0.05, 0.1) is 0 Å². The lowest BCUT2D eigenvalue weighted by Crippen LogP contribution is -2.51. The molecule has 40 heavy (non-hydrogen) atoms. The fraction of sp³-hybridized carbons (Fsp3) is 0.781. The number of amides is 1. The van der Waals surface area contributed by atoms with E-state index in [-0.39, 0.29) is 30.9 Å². The van der Waals surface area contributed by atoms with Gasteiger partial charge in [-0.1, -0.05) is 58.0 Å². The maximum absolute atomic E-state index is 12.2. The zero-order valence-electron chi connectivity index (χ0n) is 25.5. The molecule has 4 aliphatic rings. The van der Waals surface area contributed by atoms with E-state index in [0.29, 0.717) is 23.5 Å². The van der Waals surface area contributed by atoms with E-state index in [1.54, 1.807) is 0 Å². The second-order valence-electron chi connectivity index (χ2n) is 13.7. The van der Waals surface area contributed by atoms with Crippen LogP contribution in [-0.4, -0.2) is 85.2 Å². The van der Waals surface area contributed by atoms with Crippen LogP contribution in [0.5, 0.6) is 0 Å². The first-order valence-electron chi connectivity index (χ1n) is 15.4. The predicted octanol–water partition coefficient (Wildman–Crippen LogP) is 6.61. The minimum atomic E-state index is -0.170. The molecule has 1 aromatic rings. The number of hydrogen-bond acceptors (Lipinski definition) is 5. The fourth-order valence-electron chi connectivity index (χ4n) is 6.96. The summed E-state index contributed by atoms with van der Waals surface area (Å²) >= 11 is 0. The maximum atomic E-state index is 12.2. The van der Waals surface area contributed by atoms with E-state index < -0.39 is 0 Å². The molecule has 4 saturated heterocycles. The molecule has 4 fully saturated rings. The summed E-state index contributed by atoms with van der Waals surface area (Å²) in [6.45, 7) is 19.1. The van der Waals surface area contributed by atoms with Gasteiger partial charge in [0.25, 0.3) is 0 Å². The highest BCUT2D eigenvalue weighted by Gasteiger charge is 2.33. The summed E-state index contributed by atoms with van der Waals surface area (Å²) in [5.41, 5.74) is 2.03. The highest BCUT2D eigenvalue weighted by molar-refractivity contribution is 5.85. The average molecular weight is 600 g/mol. The normalized spacial score (nSPS) is 24.1. The van der Waals surface area contributed by atoms with E-state index in [1.165, 1.54) is 77.8 Å². The van der Waals surface area contributed by atoms with Gasteiger partial charge in [0, 0.05) is 38.3 Å². The number of ether oxygens (including phenoxy) is 1. The number of carbonyl (C=O) groups is 1. The fourth-order valence-corrected chi connectivity index (χ4v) is 6.96. The van der Waals surface area contributed by atoms with Crippen molar-refractivity contribution in [2.75, 3.05) is 52.4 Å². The van der Waals surface area contributed by atoms with Crippen LogP contribution in [0.2, 0.25) is 0 Å². The molecular weight excluding hydrogens is 543 g/mol. The van der Waals surface area contributed by atoms with Crippen molar-refractivity contribution in [3.05, 3.63) is 35.9 Å². The van der Waals surface area contributed by atoms with Crippen LogP contribution in [0, 0.1) is 10.8 Å². The zero-order valence-corrected chi connectivity index (χ0v) is 27.2. The summed E-state index contributed by atoms with van der Waals surface area (Å²) in [5.74, 6) is 0. The van der Waals surface area contributed by atoms with Gasteiger partial charge in [0.2, 0.25) is 0 Å². The Hall–Kier alpha value is -1.05. The molecule has 230 valence electrons. The van der Waals surface area contributed by atoms with Crippen LogP contribution >= 0.6 is 24.8 Å². The van der Waals surface area contributed by atoms with Crippen LogP contribution in [0.3, 0.4) is 0 Å². The van der Waals surface area contributed by atoms with Crippen LogP contribution in [-0.2, 0) is 11.3 Å². The molecular formula is C32H56Cl2N4O2. The topological polar surface area (TPSA) is 48.1 Å². The number of nitrogens with one attached hydrogen (secondary N) is 1. The van der Waals surface area contributed by atoms with Crippen molar-refractivity contribution in [2.45, 2.75) is 97.8 Å². The molecule has 0 spiro atoms. The van der Waals surface area contributed by atoms with E-state index in [2.05, 4.69) is 42.8 Å². The van der Waals surface area contributed by atoms with Crippen molar-refractivity contribution in [1.82, 2.24) is 20.0 Å². The minimum Gasteiger partial charge on any atom is -0.445 e. The van der Waals surface area contributed by atoms with E-state index in [0.717, 1.165) is 37.5 Å². The second kappa shape index (κ2) is 16.6. The molecule has 5 rings (SSSR count). The third kappa shape index (κ3) is 11.0. The molecule has 6 nitrogen and oxygen atoms in total. The summed E-state index contributed by atoms with van der Waals surface area (Å²) in [6, 6.07) is 11.4. The van der Waals surface area contributed by atoms with Crippen LogP contribution in [0.25, 0.3) is 0 Å². The largest absolute Gasteiger partial charge is 0.445 e. The number of carbonyl (C=O) groups excluding carboxylic acids is 1. The van der Waals surface area contributed by atoms with Gasteiger partial charge in [-0.3, -0.25) is 9.80 Å². The van der Waals surface area contributed by atoms with Gasteiger partial charge in [-0.15, -0.1) is 24.8 Å². The third-order valence-corrected chi connectivity index (χ3v) is 9.13. The van der Waals surface area contributed by atoms with Gasteiger partial charge in [0.1, 0.15) is 6.61 Å². The van der Waals surface area contributed by atoms with Gasteiger partial charge in [-0.2, -0.15) is 0 Å². The molecule has 0 atom stereocenters. The van der Waals surface area contributed by atoms with Crippen molar-refractivity contribution in [3.63, 3.8) is 0 Å². The Kier molecular flexibility index (Phi) is 14.5. The predicted molar refractivity (Wildman–Crippen MR) is 171 cm³/mol. The molecule has 0 bridgehead atoms. The SMILES string of the molecule is CC1(C)CCCN(C2CCN(C(=O)OCc3ccccc3)CC2)C1.CC1(C)CCCN(C2CCNCC2)C1.Cl.Cl. The Labute approximate surface area is 256 Å². The van der Waals surface area contributed by atoms with Crippen LogP contribution in [0.1, 0.15) is 84.6 Å². The van der Waals surface area contributed by atoms with E-state index in [9.17, 15) is 4.79 Å². The highest BCUT2D eigenvalue weighted by Crippen LogP contribution is 2.32. The van der Waals surface area contributed by atoms with Gasteiger partial charge in [-0.25, -0.2) is 4.79 Å². The molecule has 1 N–H and O–H groups in total. The number of halogens is 2. The van der Waals surface area contributed by atoms with Crippen molar-refractivity contribution in [3.8, 4) is 0 Å². The van der Waals surface area contributed by atoms with Gasteiger partial charge >= 0.3 is 6.09 Å². The Morgan fingerprint density at radius 3 is 1.80 bits per heavy atom. The lowest BCUT2D eigenvalue weighted by Gasteiger charge is -2.44. The Morgan fingerprint density at radius 1 is 0.800 bits per heavy atom. The molecule has 8 heteroatoms. The number of rotatable bonds is 4. The van der Waals surface area contributed by atoms with Gasteiger partial charge < -0.3 is 15.0 Å². The Morgan fingerprint density at radius 2 is 1.30 bits per heavy atom. The lowest BCUT2D eigenvalue weighted by molar-refractivity contribution is 0.0363. The molecule has 4 heterocycles. The minimum absolute atomic E-state index is 0. The molecule has 0 saturated carbocycles. The van der Waals surface area contributed by atoms with Crippen molar-refractivity contribution in [2.24, 2.45) is 10.8 Å². The number of hydrogen-bond donors (Lipinski definition) is 1. The summed E-state index contributed by atoms with van der Waals surface area (Å²) in [4.78, 5) is 19.5. The number of piperidine rings is 4. The standard InChI is InChI=1S/C20H30N2O2.C12H24N2.2ClH/c1-20(2)11-6-12-22(16-20)18-9-13-21(14-10-18)19(23)24-15-17-7-4-3-5-8-17;1-12(2)6-3-9-14(10-12)11-4-7-13-8-5-11;;/h3-5,7-8,18H,6,9-16H2,1-2H3;11,13H,3-10H2,1-2H3;2*1H.